The normalized spacial score (nSPS) is 10.2. The third kappa shape index (κ3) is 3.27. The quantitative estimate of drug-likeness (QED) is 0.795. The minimum Gasteiger partial charge on any atom is -0.324 e. The molecule has 0 aliphatic rings. The molecule has 2 aromatic heterocycles. The molecule has 0 unspecified atom stereocenters. The lowest BCUT2D eigenvalue weighted by Gasteiger charge is -2.06. The van der Waals surface area contributed by atoms with Gasteiger partial charge >= 0.3 is 0 Å². The molecule has 1 N–H and O–H groups in total. The van der Waals surface area contributed by atoms with Gasteiger partial charge in [-0.25, -0.2) is 15.0 Å². The molecule has 5 nitrogen and oxygen atoms in total. The Balaban J connectivity index is 1.79. The summed E-state index contributed by atoms with van der Waals surface area (Å²) in [4.78, 5) is 14.2. The maximum Gasteiger partial charge on any atom is 0.227 e. The minimum absolute atomic E-state index is 0.412. The molecule has 0 radical (unpaired) electrons. The largest absolute Gasteiger partial charge is 0.324 e. The van der Waals surface area contributed by atoms with E-state index in [1.165, 1.54) is 0 Å². The van der Waals surface area contributed by atoms with Gasteiger partial charge in [0.25, 0.3) is 0 Å². The maximum absolute atomic E-state index is 8.67. The van der Waals surface area contributed by atoms with Crippen LogP contribution in [-0.2, 0) is 6.42 Å². The Kier molecular flexibility index (Phi) is 4.08. The van der Waals surface area contributed by atoms with Gasteiger partial charge in [-0.2, -0.15) is 5.26 Å². The lowest BCUT2D eigenvalue weighted by molar-refractivity contribution is 1.16. The summed E-state index contributed by atoms with van der Waals surface area (Å²) in [5.41, 5.74) is 2.67. The Morgan fingerprint density at radius 3 is 2.68 bits per heavy atom. The van der Waals surface area contributed by atoms with Crippen molar-refractivity contribution < 1.29 is 0 Å². The summed E-state index contributed by atoms with van der Waals surface area (Å²) < 4.78 is 0. The zero-order chi connectivity index (χ0) is 15.4. The second-order valence-corrected chi connectivity index (χ2v) is 5.93. The number of benzene rings is 1. The van der Waals surface area contributed by atoms with Crippen LogP contribution < -0.4 is 5.32 Å². The molecular formula is C16H13N5S. The van der Waals surface area contributed by atoms with Gasteiger partial charge in [0.15, 0.2) is 0 Å². The number of nitrogens with zero attached hydrogens (tertiary/aromatic N) is 4. The van der Waals surface area contributed by atoms with Crippen molar-refractivity contribution in [1.82, 2.24) is 15.0 Å². The molecule has 6 heteroatoms. The lowest BCUT2D eigenvalue weighted by Crippen LogP contribution is -1.97. The van der Waals surface area contributed by atoms with Crippen molar-refractivity contribution in [2.24, 2.45) is 0 Å². The monoisotopic (exact) mass is 307 g/mol. The summed E-state index contributed by atoms with van der Waals surface area (Å²) in [7, 11) is 0. The van der Waals surface area contributed by atoms with E-state index in [0.717, 1.165) is 26.8 Å². The summed E-state index contributed by atoms with van der Waals surface area (Å²) in [5.74, 6) is 0.526. The van der Waals surface area contributed by atoms with Gasteiger partial charge < -0.3 is 5.32 Å². The molecule has 0 saturated carbocycles. The van der Waals surface area contributed by atoms with E-state index in [0.29, 0.717) is 12.4 Å². The third-order valence-electron chi connectivity index (χ3n) is 2.99. The molecule has 108 valence electrons. The number of nitrogens with one attached hydrogen (secondary N) is 1. The first-order chi connectivity index (χ1) is 10.7. The molecule has 3 aromatic rings. The first-order valence-electron chi connectivity index (χ1n) is 6.73. The van der Waals surface area contributed by atoms with Crippen LogP contribution in [0.4, 0.5) is 11.6 Å². The topological polar surface area (TPSA) is 74.5 Å². The zero-order valence-corrected chi connectivity index (χ0v) is 12.8. The van der Waals surface area contributed by atoms with Crippen LogP contribution >= 0.6 is 11.3 Å². The molecule has 0 fully saturated rings. The van der Waals surface area contributed by atoms with E-state index in [4.69, 9.17) is 5.26 Å². The van der Waals surface area contributed by atoms with Gasteiger partial charge in [0.1, 0.15) is 10.7 Å². The number of anilines is 2. The van der Waals surface area contributed by atoms with Crippen molar-refractivity contribution in [2.45, 2.75) is 13.3 Å². The van der Waals surface area contributed by atoms with E-state index in [-0.39, 0.29) is 0 Å². The third-order valence-corrected chi connectivity index (χ3v) is 3.92. The summed E-state index contributed by atoms with van der Waals surface area (Å²) in [6.07, 6.45) is 3.96. The lowest BCUT2D eigenvalue weighted by atomic mass is 10.1. The number of nitriles is 1. The second kappa shape index (κ2) is 6.33. The van der Waals surface area contributed by atoms with E-state index < -0.39 is 0 Å². The fourth-order valence-electron chi connectivity index (χ4n) is 1.94. The highest BCUT2D eigenvalue weighted by Gasteiger charge is 2.06. The first-order valence-corrected chi connectivity index (χ1v) is 7.55. The molecule has 0 aliphatic heterocycles. The summed E-state index contributed by atoms with van der Waals surface area (Å²) >= 11 is 1.60. The molecule has 0 aliphatic carbocycles. The van der Waals surface area contributed by atoms with Crippen LogP contribution in [0.25, 0.3) is 10.7 Å². The number of aryl methyl sites for hydroxylation is 1. The van der Waals surface area contributed by atoms with Gasteiger partial charge in [-0.1, -0.05) is 12.1 Å². The van der Waals surface area contributed by atoms with E-state index in [2.05, 4.69) is 26.3 Å². The number of hydrogen-bond donors (Lipinski definition) is 1. The molecule has 1 aromatic carbocycles. The van der Waals surface area contributed by atoms with Gasteiger partial charge in [0.05, 0.1) is 12.5 Å². The van der Waals surface area contributed by atoms with Crippen LogP contribution in [-0.4, -0.2) is 15.0 Å². The van der Waals surface area contributed by atoms with Crippen LogP contribution in [0.5, 0.6) is 0 Å². The van der Waals surface area contributed by atoms with Crippen LogP contribution in [0.15, 0.2) is 42.7 Å². The number of thiazole rings is 1. The molecule has 2 heterocycles. The van der Waals surface area contributed by atoms with E-state index in [1.807, 2.05) is 43.5 Å². The summed E-state index contributed by atoms with van der Waals surface area (Å²) in [5, 5.41) is 12.7. The van der Waals surface area contributed by atoms with Crippen molar-refractivity contribution >= 4 is 23.0 Å². The van der Waals surface area contributed by atoms with Crippen LogP contribution in [0.2, 0.25) is 0 Å². The highest BCUT2D eigenvalue weighted by Crippen LogP contribution is 2.24. The average molecular weight is 307 g/mol. The fraction of sp³-hybridized carbons (Fsp3) is 0.125. The molecule has 22 heavy (non-hydrogen) atoms. The van der Waals surface area contributed by atoms with Crippen molar-refractivity contribution in [1.29, 1.82) is 5.26 Å². The van der Waals surface area contributed by atoms with Crippen LogP contribution in [0.3, 0.4) is 0 Å². The minimum atomic E-state index is 0.412. The van der Waals surface area contributed by atoms with Crippen molar-refractivity contribution in [3.8, 4) is 16.8 Å². The average Bonchev–Trinajstić information content (AvgIpc) is 2.97. The van der Waals surface area contributed by atoms with Gasteiger partial charge in [-0.15, -0.1) is 11.3 Å². The highest BCUT2D eigenvalue weighted by molar-refractivity contribution is 7.14. The highest BCUT2D eigenvalue weighted by atomic mass is 32.1. The molecule has 0 saturated heterocycles. The Hall–Kier alpha value is -2.78. The van der Waals surface area contributed by atoms with E-state index in [1.54, 1.807) is 17.5 Å². The van der Waals surface area contributed by atoms with Crippen molar-refractivity contribution in [3.63, 3.8) is 0 Å². The predicted octanol–water partition coefficient (Wildman–Crippen LogP) is 3.72. The Labute approximate surface area is 132 Å². The standard InChI is InChI=1S/C16H13N5S/c1-11-10-19-15(22-11)14-7-9-18-16(21-14)20-13-4-2-12(3-5-13)6-8-17/h2-5,7,9-10H,6H2,1H3,(H,18,20,21). The van der Waals surface area contributed by atoms with Gasteiger partial charge in [0.2, 0.25) is 5.95 Å². The Morgan fingerprint density at radius 1 is 1.18 bits per heavy atom. The Bertz CT molecular complexity index is 817. The first kappa shape index (κ1) is 14.2. The van der Waals surface area contributed by atoms with Gasteiger partial charge in [-0.3, -0.25) is 0 Å². The molecule has 3 rings (SSSR count). The van der Waals surface area contributed by atoms with Crippen molar-refractivity contribution in [3.05, 3.63) is 53.2 Å². The number of aromatic nitrogens is 3. The molecule has 0 amide bonds. The number of hydrogen-bond acceptors (Lipinski definition) is 6. The molecule has 0 atom stereocenters. The fourth-order valence-corrected chi connectivity index (χ4v) is 2.67. The summed E-state index contributed by atoms with van der Waals surface area (Å²) in [6.45, 7) is 2.02. The van der Waals surface area contributed by atoms with Crippen molar-refractivity contribution in [2.75, 3.05) is 5.32 Å². The number of rotatable bonds is 4. The van der Waals surface area contributed by atoms with Crippen LogP contribution in [0.1, 0.15) is 10.4 Å². The van der Waals surface area contributed by atoms with Crippen LogP contribution in [0, 0.1) is 18.3 Å². The van der Waals surface area contributed by atoms with Gasteiger partial charge in [-0.05, 0) is 30.7 Å². The molecular weight excluding hydrogens is 294 g/mol. The van der Waals surface area contributed by atoms with E-state index >= 15 is 0 Å². The second-order valence-electron chi connectivity index (χ2n) is 4.70. The predicted molar refractivity (Wildman–Crippen MR) is 86.9 cm³/mol. The SMILES string of the molecule is Cc1cnc(-c2ccnc(Nc3ccc(CC#N)cc3)n2)s1. The Morgan fingerprint density at radius 2 is 2.00 bits per heavy atom. The zero-order valence-electron chi connectivity index (χ0n) is 11.9. The molecule has 0 spiro atoms. The molecule has 0 bridgehead atoms. The summed E-state index contributed by atoms with van der Waals surface area (Å²) in [6, 6.07) is 11.6. The van der Waals surface area contributed by atoms with E-state index in [9.17, 15) is 0 Å². The maximum atomic E-state index is 8.67. The van der Waals surface area contributed by atoms with Gasteiger partial charge in [0, 0.05) is 23.0 Å². The smallest absolute Gasteiger partial charge is 0.227 e.